The van der Waals surface area contributed by atoms with Gasteiger partial charge in [0, 0.05) is 23.5 Å². The Labute approximate surface area is 137 Å². The molecule has 0 radical (unpaired) electrons. The smallest absolute Gasteiger partial charge is 0.279 e. The second-order valence-electron chi connectivity index (χ2n) is 5.65. The van der Waals surface area contributed by atoms with Gasteiger partial charge in [0.2, 0.25) is 5.91 Å². The molecule has 0 aliphatic rings. The predicted molar refractivity (Wildman–Crippen MR) is 95.7 cm³/mol. The van der Waals surface area contributed by atoms with Gasteiger partial charge in [-0.15, -0.1) is 0 Å². The van der Waals surface area contributed by atoms with E-state index in [1.165, 1.54) is 6.92 Å². The molecule has 5 nitrogen and oxygen atoms in total. The highest BCUT2D eigenvalue weighted by atomic mass is 16.2. The summed E-state index contributed by atoms with van der Waals surface area (Å²) in [5.74, 6) is -0.276. The molecule has 0 fully saturated rings. The molecule has 0 aliphatic carbocycles. The lowest BCUT2D eigenvalue weighted by Gasteiger charge is -2.11. The number of nitrogens with one attached hydrogen (secondary N) is 2. The van der Waals surface area contributed by atoms with Gasteiger partial charge in [-0.25, -0.2) is 0 Å². The lowest BCUT2D eigenvalue weighted by Crippen LogP contribution is -2.24. The predicted octanol–water partition coefficient (Wildman–Crippen LogP) is 3.43. The molecule has 0 saturated heterocycles. The molecule has 118 valence electrons. The van der Waals surface area contributed by atoms with Crippen molar-refractivity contribution in [3.63, 3.8) is 0 Å². The first-order chi connectivity index (χ1) is 11.6. The van der Waals surface area contributed by atoms with Gasteiger partial charge in [0.1, 0.15) is 5.69 Å². The van der Waals surface area contributed by atoms with E-state index >= 15 is 0 Å². The van der Waals surface area contributed by atoms with Crippen LogP contribution in [0.4, 0.5) is 5.69 Å². The topological polar surface area (TPSA) is 66.9 Å². The van der Waals surface area contributed by atoms with Crippen LogP contribution in [0.2, 0.25) is 0 Å². The van der Waals surface area contributed by atoms with Gasteiger partial charge >= 0.3 is 0 Å². The number of fused-ring (bicyclic) bond motifs is 3. The van der Waals surface area contributed by atoms with E-state index in [0.717, 1.165) is 27.6 Å². The zero-order chi connectivity index (χ0) is 16.7. The summed E-state index contributed by atoms with van der Waals surface area (Å²) in [6, 6.07) is 18.9. The minimum absolute atomic E-state index is 0.255. The summed E-state index contributed by atoms with van der Waals surface area (Å²) in [5.41, 5.74) is 3.29. The second-order valence-corrected chi connectivity index (χ2v) is 5.65. The molecule has 2 aromatic carbocycles. The molecule has 0 aliphatic heterocycles. The van der Waals surface area contributed by atoms with Gasteiger partial charge in [-0.1, -0.05) is 36.4 Å². The maximum atomic E-state index is 13.0. The molecule has 0 bridgehead atoms. The minimum atomic E-state index is -0.276. The fraction of sp³-hybridized carbons (Fsp3) is 0.0526. The highest BCUT2D eigenvalue weighted by molar-refractivity contribution is 6.07. The third-order valence-corrected chi connectivity index (χ3v) is 3.98. The number of benzene rings is 2. The average Bonchev–Trinajstić information content (AvgIpc) is 2.94. The largest absolute Gasteiger partial charge is 0.353 e. The Morgan fingerprint density at radius 2 is 1.71 bits per heavy atom. The zero-order valence-electron chi connectivity index (χ0n) is 13.0. The van der Waals surface area contributed by atoms with Crippen molar-refractivity contribution in [1.82, 2.24) is 9.55 Å². The van der Waals surface area contributed by atoms with Crippen molar-refractivity contribution in [3.8, 4) is 5.69 Å². The molecule has 2 aromatic heterocycles. The van der Waals surface area contributed by atoms with Gasteiger partial charge in [0.05, 0.1) is 11.0 Å². The SMILES string of the molecule is CC(=O)Nc1cc2[nH]c3ccccc3c2n(-c2ccccc2)c1=O. The monoisotopic (exact) mass is 317 g/mol. The number of aromatic amines is 1. The Hall–Kier alpha value is -3.34. The number of carbonyl (C=O) groups is 1. The highest BCUT2D eigenvalue weighted by Gasteiger charge is 2.15. The zero-order valence-corrected chi connectivity index (χ0v) is 13.0. The van der Waals surface area contributed by atoms with Crippen molar-refractivity contribution >= 4 is 33.5 Å². The maximum absolute atomic E-state index is 13.0. The number of nitrogens with zero attached hydrogens (tertiary/aromatic N) is 1. The molecule has 5 heteroatoms. The average molecular weight is 317 g/mol. The number of para-hydroxylation sites is 2. The number of anilines is 1. The van der Waals surface area contributed by atoms with Crippen LogP contribution < -0.4 is 10.9 Å². The molecule has 2 N–H and O–H groups in total. The van der Waals surface area contributed by atoms with E-state index in [9.17, 15) is 9.59 Å². The molecule has 24 heavy (non-hydrogen) atoms. The van der Waals surface area contributed by atoms with Gasteiger partial charge in [-0.2, -0.15) is 0 Å². The highest BCUT2D eigenvalue weighted by Crippen LogP contribution is 2.27. The van der Waals surface area contributed by atoms with E-state index in [1.807, 2.05) is 54.6 Å². The van der Waals surface area contributed by atoms with E-state index < -0.39 is 0 Å². The summed E-state index contributed by atoms with van der Waals surface area (Å²) in [6.45, 7) is 1.39. The van der Waals surface area contributed by atoms with Gasteiger partial charge in [0.25, 0.3) is 5.56 Å². The number of rotatable bonds is 2. The van der Waals surface area contributed by atoms with Crippen molar-refractivity contribution in [1.29, 1.82) is 0 Å². The Kier molecular flexibility index (Phi) is 3.20. The molecule has 1 amide bonds. The fourth-order valence-corrected chi connectivity index (χ4v) is 3.02. The first-order valence-corrected chi connectivity index (χ1v) is 7.64. The van der Waals surface area contributed by atoms with Crippen LogP contribution in [0, 0.1) is 0 Å². The molecular formula is C19H15N3O2. The number of amides is 1. The molecular weight excluding hydrogens is 302 g/mol. The lowest BCUT2D eigenvalue weighted by atomic mass is 10.2. The molecule has 4 rings (SSSR count). The van der Waals surface area contributed by atoms with Gasteiger partial charge < -0.3 is 10.3 Å². The van der Waals surface area contributed by atoms with Crippen LogP contribution in [0.3, 0.4) is 0 Å². The summed E-state index contributed by atoms with van der Waals surface area (Å²) in [7, 11) is 0. The minimum Gasteiger partial charge on any atom is -0.353 e. The number of H-pyrrole nitrogens is 1. The van der Waals surface area contributed by atoms with E-state index in [0.29, 0.717) is 0 Å². The fourth-order valence-electron chi connectivity index (χ4n) is 3.02. The van der Waals surface area contributed by atoms with Crippen LogP contribution in [0.1, 0.15) is 6.92 Å². The van der Waals surface area contributed by atoms with Gasteiger partial charge in [0.15, 0.2) is 0 Å². The number of hydrogen-bond acceptors (Lipinski definition) is 2. The summed E-state index contributed by atoms with van der Waals surface area (Å²) in [6.07, 6.45) is 0. The summed E-state index contributed by atoms with van der Waals surface area (Å²) < 4.78 is 1.64. The summed E-state index contributed by atoms with van der Waals surface area (Å²) in [4.78, 5) is 27.8. The first kappa shape index (κ1) is 14.3. The molecule has 0 atom stereocenters. The van der Waals surface area contributed by atoms with Crippen LogP contribution in [0.5, 0.6) is 0 Å². The van der Waals surface area contributed by atoms with Crippen LogP contribution >= 0.6 is 0 Å². The van der Waals surface area contributed by atoms with E-state index in [1.54, 1.807) is 10.6 Å². The lowest BCUT2D eigenvalue weighted by molar-refractivity contribution is -0.114. The Balaban J connectivity index is 2.18. The molecule has 0 saturated carbocycles. The van der Waals surface area contributed by atoms with Crippen molar-refractivity contribution in [2.24, 2.45) is 0 Å². The van der Waals surface area contributed by atoms with Crippen molar-refractivity contribution < 1.29 is 4.79 Å². The Morgan fingerprint density at radius 1 is 1.00 bits per heavy atom. The quantitative estimate of drug-likeness (QED) is 0.595. The molecule has 0 spiro atoms. The number of hydrogen-bond donors (Lipinski definition) is 2. The van der Waals surface area contributed by atoms with Crippen LogP contribution in [0.25, 0.3) is 27.6 Å². The van der Waals surface area contributed by atoms with Gasteiger partial charge in [-0.3, -0.25) is 14.2 Å². The first-order valence-electron chi connectivity index (χ1n) is 7.64. The molecule has 4 aromatic rings. The number of carbonyl (C=O) groups excluding carboxylic acids is 1. The third-order valence-electron chi connectivity index (χ3n) is 3.98. The van der Waals surface area contributed by atoms with Crippen molar-refractivity contribution in [2.45, 2.75) is 6.92 Å². The van der Waals surface area contributed by atoms with Crippen molar-refractivity contribution in [3.05, 3.63) is 71.0 Å². The van der Waals surface area contributed by atoms with E-state index in [4.69, 9.17) is 0 Å². The van der Waals surface area contributed by atoms with Crippen LogP contribution in [-0.4, -0.2) is 15.5 Å². The van der Waals surface area contributed by atoms with E-state index in [-0.39, 0.29) is 17.2 Å². The van der Waals surface area contributed by atoms with E-state index in [2.05, 4.69) is 10.3 Å². The van der Waals surface area contributed by atoms with Crippen LogP contribution in [0.15, 0.2) is 65.5 Å². The molecule has 2 heterocycles. The van der Waals surface area contributed by atoms with Gasteiger partial charge in [-0.05, 0) is 24.3 Å². The summed E-state index contributed by atoms with van der Waals surface area (Å²) >= 11 is 0. The number of aromatic nitrogens is 2. The van der Waals surface area contributed by atoms with Crippen molar-refractivity contribution in [2.75, 3.05) is 5.32 Å². The molecule has 0 unspecified atom stereocenters. The Bertz CT molecular complexity index is 1120. The second kappa shape index (κ2) is 5.38. The third kappa shape index (κ3) is 2.18. The van der Waals surface area contributed by atoms with Crippen LogP contribution in [-0.2, 0) is 4.79 Å². The normalized spacial score (nSPS) is 11.0. The summed E-state index contributed by atoms with van der Waals surface area (Å²) in [5, 5.41) is 3.59. The maximum Gasteiger partial charge on any atom is 0.279 e. The number of pyridine rings is 1. The Morgan fingerprint density at radius 3 is 2.46 bits per heavy atom. The standard InChI is InChI=1S/C19H15N3O2/c1-12(23)20-17-11-16-18(14-9-5-6-10-15(14)21-16)22(19(17)24)13-7-3-2-4-8-13/h2-11,21H,1H3,(H,20,23).